The van der Waals surface area contributed by atoms with E-state index < -0.39 is 0 Å². The molecule has 0 spiro atoms. The van der Waals surface area contributed by atoms with Gasteiger partial charge in [0.1, 0.15) is 10.7 Å². The van der Waals surface area contributed by atoms with E-state index in [2.05, 4.69) is 25.5 Å². The molecule has 2 aromatic rings. The summed E-state index contributed by atoms with van der Waals surface area (Å²) in [4.78, 5) is 21.4. The molecule has 1 aliphatic heterocycles. The smallest absolute Gasteiger partial charge is 0.267 e. The Morgan fingerprint density at radius 3 is 2.87 bits per heavy atom. The van der Waals surface area contributed by atoms with Gasteiger partial charge in [-0.3, -0.25) is 4.79 Å². The maximum absolute atomic E-state index is 12.6. The van der Waals surface area contributed by atoms with Gasteiger partial charge < -0.3 is 9.80 Å². The summed E-state index contributed by atoms with van der Waals surface area (Å²) < 4.78 is 3.88. The molecule has 2 aromatic heterocycles. The third kappa shape index (κ3) is 3.14. The number of aryl methyl sites for hydroxylation is 1. The average Bonchev–Trinajstić information content (AvgIpc) is 3.10. The summed E-state index contributed by atoms with van der Waals surface area (Å²) >= 11 is 1.16. The van der Waals surface area contributed by atoms with Gasteiger partial charge in [-0.05, 0) is 30.1 Å². The number of hydrogen-bond donors (Lipinski definition) is 0. The molecular weight excluding hydrogens is 312 g/mol. The Morgan fingerprint density at radius 1 is 1.39 bits per heavy atom. The standard InChI is InChI=1S/C15H16N6OS/c1-2-12-14(23-19-18-12)15(22)21-7-5-20(6-8-21)13-9-11(10-16)3-4-17-13/h3-4,9H,2,5-8H2,1H3. The van der Waals surface area contributed by atoms with Gasteiger partial charge in [-0.25, -0.2) is 4.98 Å². The van der Waals surface area contributed by atoms with Gasteiger partial charge in [0.15, 0.2) is 0 Å². The maximum atomic E-state index is 12.6. The Bertz CT molecular complexity index is 744. The zero-order chi connectivity index (χ0) is 16.2. The van der Waals surface area contributed by atoms with Crippen molar-refractivity contribution in [2.45, 2.75) is 13.3 Å². The Morgan fingerprint density at radius 2 is 2.17 bits per heavy atom. The molecule has 0 radical (unpaired) electrons. The second-order valence-electron chi connectivity index (χ2n) is 5.20. The molecule has 8 heteroatoms. The summed E-state index contributed by atoms with van der Waals surface area (Å²) in [5.74, 6) is 0.792. The third-order valence-electron chi connectivity index (χ3n) is 3.85. The largest absolute Gasteiger partial charge is 0.353 e. The van der Waals surface area contributed by atoms with Crippen LogP contribution in [0.4, 0.5) is 5.82 Å². The Balaban J connectivity index is 1.66. The van der Waals surface area contributed by atoms with Crippen molar-refractivity contribution in [1.29, 1.82) is 5.26 Å². The van der Waals surface area contributed by atoms with Crippen molar-refractivity contribution in [1.82, 2.24) is 19.5 Å². The lowest BCUT2D eigenvalue weighted by atomic mass is 10.2. The van der Waals surface area contributed by atoms with Crippen LogP contribution in [0.25, 0.3) is 0 Å². The second kappa shape index (κ2) is 6.71. The molecule has 0 atom stereocenters. The number of carbonyl (C=O) groups excluding carboxylic acids is 1. The van der Waals surface area contributed by atoms with Gasteiger partial charge in [-0.1, -0.05) is 11.4 Å². The van der Waals surface area contributed by atoms with Crippen molar-refractivity contribution >= 4 is 23.3 Å². The summed E-state index contributed by atoms with van der Waals surface area (Å²) in [5, 5.41) is 13.0. The summed E-state index contributed by atoms with van der Waals surface area (Å²) in [6.07, 6.45) is 2.35. The molecule has 0 saturated carbocycles. The Kier molecular flexibility index (Phi) is 4.48. The molecule has 118 valence electrons. The highest BCUT2D eigenvalue weighted by Gasteiger charge is 2.26. The number of piperazine rings is 1. The van der Waals surface area contributed by atoms with Gasteiger partial charge in [0.2, 0.25) is 0 Å². The Hall–Kier alpha value is -2.53. The molecule has 0 aliphatic carbocycles. The van der Waals surface area contributed by atoms with Gasteiger partial charge in [-0.15, -0.1) is 5.10 Å². The van der Waals surface area contributed by atoms with Gasteiger partial charge in [0.05, 0.1) is 17.3 Å². The van der Waals surface area contributed by atoms with E-state index in [1.54, 1.807) is 18.3 Å². The van der Waals surface area contributed by atoms with Crippen molar-refractivity contribution < 1.29 is 4.79 Å². The molecule has 1 fully saturated rings. The van der Waals surface area contributed by atoms with Gasteiger partial charge in [-0.2, -0.15) is 5.26 Å². The lowest BCUT2D eigenvalue weighted by Crippen LogP contribution is -2.49. The molecule has 1 aliphatic rings. The van der Waals surface area contributed by atoms with Crippen LogP contribution in [0.15, 0.2) is 18.3 Å². The second-order valence-corrected chi connectivity index (χ2v) is 5.95. The predicted octanol–water partition coefficient (Wildman–Crippen LogP) is 1.33. The number of aromatic nitrogens is 3. The highest BCUT2D eigenvalue weighted by atomic mass is 32.1. The van der Waals surface area contributed by atoms with E-state index in [9.17, 15) is 4.79 Å². The molecule has 3 heterocycles. The van der Waals surface area contributed by atoms with Crippen molar-refractivity contribution in [3.63, 3.8) is 0 Å². The highest BCUT2D eigenvalue weighted by molar-refractivity contribution is 7.08. The molecule has 0 aromatic carbocycles. The number of rotatable bonds is 3. The first-order valence-corrected chi connectivity index (χ1v) is 8.22. The quantitative estimate of drug-likeness (QED) is 0.845. The minimum Gasteiger partial charge on any atom is -0.353 e. The monoisotopic (exact) mass is 328 g/mol. The summed E-state index contributed by atoms with van der Waals surface area (Å²) in [6.45, 7) is 4.61. The number of pyridine rings is 1. The molecule has 1 saturated heterocycles. The van der Waals surface area contributed by atoms with E-state index in [1.165, 1.54) is 0 Å². The van der Waals surface area contributed by atoms with Crippen molar-refractivity contribution in [3.8, 4) is 6.07 Å². The fourth-order valence-corrected chi connectivity index (χ4v) is 3.26. The molecule has 7 nitrogen and oxygen atoms in total. The third-order valence-corrected chi connectivity index (χ3v) is 4.61. The molecule has 0 unspecified atom stereocenters. The zero-order valence-corrected chi connectivity index (χ0v) is 13.6. The lowest BCUT2D eigenvalue weighted by Gasteiger charge is -2.35. The van der Waals surface area contributed by atoms with E-state index in [0.29, 0.717) is 43.0 Å². The van der Waals surface area contributed by atoms with Crippen LogP contribution >= 0.6 is 11.5 Å². The van der Waals surface area contributed by atoms with E-state index in [0.717, 1.165) is 23.0 Å². The number of anilines is 1. The van der Waals surface area contributed by atoms with E-state index in [4.69, 9.17) is 5.26 Å². The first-order chi connectivity index (χ1) is 11.2. The number of nitriles is 1. The number of hydrogen-bond acceptors (Lipinski definition) is 7. The number of carbonyl (C=O) groups is 1. The normalized spacial score (nSPS) is 14.6. The van der Waals surface area contributed by atoms with Crippen molar-refractivity contribution in [2.24, 2.45) is 0 Å². The minimum absolute atomic E-state index is 0.00948. The van der Waals surface area contributed by atoms with Crippen LogP contribution in [-0.2, 0) is 6.42 Å². The first kappa shape index (κ1) is 15.4. The summed E-state index contributed by atoms with van der Waals surface area (Å²) in [6, 6.07) is 5.59. The van der Waals surface area contributed by atoms with Crippen LogP contribution in [0.5, 0.6) is 0 Å². The van der Waals surface area contributed by atoms with Gasteiger partial charge in [0.25, 0.3) is 5.91 Å². The van der Waals surface area contributed by atoms with E-state index in [-0.39, 0.29) is 5.91 Å². The Labute approximate surface area is 138 Å². The zero-order valence-electron chi connectivity index (χ0n) is 12.8. The fraction of sp³-hybridized carbons (Fsp3) is 0.400. The van der Waals surface area contributed by atoms with Crippen LogP contribution < -0.4 is 4.90 Å². The van der Waals surface area contributed by atoms with Crippen molar-refractivity contribution in [3.05, 3.63) is 34.5 Å². The van der Waals surface area contributed by atoms with Crippen LogP contribution in [0, 0.1) is 11.3 Å². The SMILES string of the molecule is CCc1nnsc1C(=O)N1CCN(c2cc(C#N)ccn2)CC1. The van der Waals surface area contributed by atoms with E-state index >= 15 is 0 Å². The first-order valence-electron chi connectivity index (χ1n) is 7.44. The molecule has 23 heavy (non-hydrogen) atoms. The fourth-order valence-electron chi connectivity index (χ4n) is 2.55. The van der Waals surface area contributed by atoms with Crippen LogP contribution in [0.2, 0.25) is 0 Å². The van der Waals surface area contributed by atoms with Crippen LogP contribution in [0.1, 0.15) is 27.9 Å². The van der Waals surface area contributed by atoms with Gasteiger partial charge >= 0.3 is 0 Å². The topological polar surface area (TPSA) is 86.0 Å². The molecule has 0 bridgehead atoms. The average molecular weight is 328 g/mol. The molecular formula is C15H16N6OS. The lowest BCUT2D eigenvalue weighted by molar-refractivity contribution is 0.0750. The van der Waals surface area contributed by atoms with Crippen LogP contribution in [0.3, 0.4) is 0 Å². The predicted molar refractivity (Wildman–Crippen MR) is 86.4 cm³/mol. The highest BCUT2D eigenvalue weighted by Crippen LogP contribution is 2.18. The minimum atomic E-state index is 0.00948. The molecule has 1 amide bonds. The van der Waals surface area contributed by atoms with Crippen molar-refractivity contribution in [2.75, 3.05) is 31.1 Å². The summed E-state index contributed by atoms with van der Waals surface area (Å²) in [7, 11) is 0. The summed E-state index contributed by atoms with van der Waals surface area (Å²) in [5.41, 5.74) is 1.36. The van der Waals surface area contributed by atoms with Crippen LogP contribution in [-0.4, -0.2) is 51.6 Å². The number of nitrogens with zero attached hydrogens (tertiary/aromatic N) is 6. The van der Waals surface area contributed by atoms with Gasteiger partial charge in [0, 0.05) is 32.4 Å². The maximum Gasteiger partial charge on any atom is 0.267 e. The number of amides is 1. The molecule has 3 rings (SSSR count). The van der Waals surface area contributed by atoms with E-state index in [1.807, 2.05) is 11.8 Å². The molecule has 0 N–H and O–H groups in total.